The molecule has 0 bridgehead atoms. The van der Waals surface area contributed by atoms with Crippen molar-refractivity contribution >= 4 is 69.3 Å². The number of halogens is 3. The maximum atomic E-state index is 13.1. The van der Waals surface area contributed by atoms with Crippen LogP contribution in [0.3, 0.4) is 0 Å². The zero-order valence-electron chi connectivity index (χ0n) is 15.8. The second kappa shape index (κ2) is 8.98. The van der Waals surface area contributed by atoms with E-state index in [0.29, 0.717) is 32.2 Å². The SMILES string of the molecule is O=C(Nc1ccc(C(=O)N2CCCCc3sc(Cl)cc32)cc1)c1cc(Cl)ccc1Cl. The highest BCUT2D eigenvalue weighted by Gasteiger charge is 2.24. The first-order chi connectivity index (χ1) is 14.4. The zero-order valence-corrected chi connectivity index (χ0v) is 18.8. The van der Waals surface area contributed by atoms with E-state index in [1.54, 1.807) is 41.3 Å². The van der Waals surface area contributed by atoms with Gasteiger partial charge in [0.2, 0.25) is 0 Å². The Kier molecular flexibility index (Phi) is 6.34. The van der Waals surface area contributed by atoms with Gasteiger partial charge in [0.05, 0.1) is 20.6 Å². The molecule has 4 nitrogen and oxygen atoms in total. The van der Waals surface area contributed by atoms with E-state index in [4.69, 9.17) is 34.8 Å². The molecule has 0 radical (unpaired) electrons. The Balaban J connectivity index is 1.51. The van der Waals surface area contributed by atoms with E-state index in [1.165, 1.54) is 17.4 Å². The van der Waals surface area contributed by atoms with Gasteiger partial charge >= 0.3 is 0 Å². The summed E-state index contributed by atoms with van der Waals surface area (Å²) in [5.41, 5.74) is 2.29. The zero-order chi connectivity index (χ0) is 21.3. The number of rotatable bonds is 3. The van der Waals surface area contributed by atoms with Crippen LogP contribution in [-0.2, 0) is 6.42 Å². The topological polar surface area (TPSA) is 49.4 Å². The van der Waals surface area contributed by atoms with Gasteiger partial charge in [-0.15, -0.1) is 11.3 Å². The molecule has 0 unspecified atom stereocenters. The molecule has 0 fully saturated rings. The number of hydrogen-bond acceptors (Lipinski definition) is 3. The van der Waals surface area contributed by atoms with Crippen molar-refractivity contribution in [3.63, 3.8) is 0 Å². The van der Waals surface area contributed by atoms with Crippen LogP contribution in [0.2, 0.25) is 14.4 Å². The van der Waals surface area contributed by atoms with E-state index in [1.807, 2.05) is 6.07 Å². The van der Waals surface area contributed by atoms with Gasteiger partial charge in [-0.25, -0.2) is 0 Å². The Hall–Kier alpha value is -2.05. The quantitative estimate of drug-likeness (QED) is 0.442. The number of fused-ring (bicyclic) bond motifs is 1. The van der Waals surface area contributed by atoms with Crippen LogP contribution in [0.25, 0.3) is 0 Å². The summed E-state index contributed by atoms with van der Waals surface area (Å²) in [5, 5.41) is 3.52. The molecule has 0 saturated carbocycles. The molecular weight excluding hydrogens is 463 g/mol. The summed E-state index contributed by atoms with van der Waals surface area (Å²) in [4.78, 5) is 28.6. The van der Waals surface area contributed by atoms with Gasteiger partial charge in [-0.05, 0) is 67.8 Å². The van der Waals surface area contributed by atoms with E-state index in [2.05, 4.69) is 5.32 Å². The number of carbonyl (C=O) groups is 2. The fraction of sp³-hybridized carbons (Fsp3) is 0.182. The third-order valence-electron chi connectivity index (χ3n) is 4.89. The molecule has 1 N–H and O–H groups in total. The molecule has 1 aliphatic rings. The monoisotopic (exact) mass is 478 g/mol. The Morgan fingerprint density at radius 2 is 1.73 bits per heavy atom. The van der Waals surface area contributed by atoms with Crippen molar-refractivity contribution in [2.75, 3.05) is 16.8 Å². The number of nitrogens with zero attached hydrogens (tertiary/aromatic N) is 1. The molecule has 0 spiro atoms. The Morgan fingerprint density at radius 1 is 0.967 bits per heavy atom. The maximum absolute atomic E-state index is 13.1. The van der Waals surface area contributed by atoms with E-state index >= 15 is 0 Å². The Labute approximate surface area is 193 Å². The molecule has 8 heteroatoms. The summed E-state index contributed by atoms with van der Waals surface area (Å²) in [6.07, 6.45) is 2.91. The number of amides is 2. The summed E-state index contributed by atoms with van der Waals surface area (Å²) in [5.74, 6) is -0.449. The molecule has 0 aliphatic carbocycles. The van der Waals surface area contributed by atoms with Crippen molar-refractivity contribution in [1.29, 1.82) is 0 Å². The number of benzene rings is 2. The fourth-order valence-electron chi connectivity index (χ4n) is 3.40. The molecule has 2 heterocycles. The minimum absolute atomic E-state index is 0.0802. The number of hydrogen-bond donors (Lipinski definition) is 1. The Bertz CT molecular complexity index is 1110. The van der Waals surface area contributed by atoms with Gasteiger partial charge in [-0.3, -0.25) is 9.59 Å². The predicted molar refractivity (Wildman–Crippen MR) is 125 cm³/mol. The molecule has 0 atom stereocenters. The molecule has 154 valence electrons. The number of thiophene rings is 1. The molecule has 30 heavy (non-hydrogen) atoms. The number of anilines is 2. The van der Waals surface area contributed by atoms with Gasteiger partial charge in [0.1, 0.15) is 0 Å². The lowest BCUT2D eigenvalue weighted by molar-refractivity contribution is 0.0986. The number of aryl methyl sites for hydroxylation is 1. The summed E-state index contributed by atoms with van der Waals surface area (Å²) in [7, 11) is 0. The standard InChI is InChI=1S/C22H17Cl3N2O2S/c23-14-6-9-17(24)16(11-14)21(28)26-15-7-4-13(5-8-15)22(29)27-10-2-1-3-19-18(27)12-20(25)30-19/h4-9,11-12H,1-3,10H2,(H,26,28). The number of nitrogens with one attached hydrogen (secondary N) is 1. The highest BCUT2D eigenvalue weighted by Crippen LogP contribution is 2.37. The summed E-state index contributed by atoms with van der Waals surface area (Å²) < 4.78 is 0.692. The van der Waals surface area contributed by atoms with Crippen molar-refractivity contribution in [3.8, 4) is 0 Å². The van der Waals surface area contributed by atoms with Crippen molar-refractivity contribution in [1.82, 2.24) is 0 Å². The first kappa shape index (κ1) is 21.2. The first-order valence-corrected chi connectivity index (χ1v) is 11.3. The van der Waals surface area contributed by atoms with Crippen LogP contribution in [0.4, 0.5) is 11.4 Å². The normalized spacial score (nSPS) is 13.5. The van der Waals surface area contributed by atoms with Gasteiger partial charge in [0.15, 0.2) is 0 Å². The lowest BCUT2D eigenvalue weighted by Gasteiger charge is -2.21. The summed E-state index contributed by atoms with van der Waals surface area (Å²) in [6.45, 7) is 0.657. The summed E-state index contributed by atoms with van der Waals surface area (Å²) >= 11 is 19.8. The first-order valence-electron chi connectivity index (χ1n) is 9.39. The van der Waals surface area contributed by atoms with Crippen molar-refractivity contribution < 1.29 is 9.59 Å². The molecule has 4 rings (SSSR count). The Morgan fingerprint density at radius 3 is 2.50 bits per heavy atom. The minimum Gasteiger partial charge on any atom is -0.322 e. The van der Waals surface area contributed by atoms with Gasteiger partial charge < -0.3 is 10.2 Å². The average molecular weight is 480 g/mol. The molecule has 2 amide bonds. The number of carbonyl (C=O) groups excluding carboxylic acids is 2. The van der Waals surface area contributed by atoms with Crippen LogP contribution < -0.4 is 10.2 Å². The van der Waals surface area contributed by atoms with Crippen LogP contribution >= 0.6 is 46.1 Å². The highest BCUT2D eigenvalue weighted by molar-refractivity contribution is 7.16. The second-order valence-corrected chi connectivity index (χ2v) is 9.54. The van der Waals surface area contributed by atoms with Gasteiger partial charge in [-0.2, -0.15) is 0 Å². The maximum Gasteiger partial charge on any atom is 0.258 e. The van der Waals surface area contributed by atoms with Gasteiger partial charge in [0, 0.05) is 27.7 Å². The molecule has 0 saturated heterocycles. The largest absolute Gasteiger partial charge is 0.322 e. The van der Waals surface area contributed by atoms with Crippen LogP contribution in [0.5, 0.6) is 0 Å². The van der Waals surface area contributed by atoms with Crippen LogP contribution in [-0.4, -0.2) is 18.4 Å². The smallest absolute Gasteiger partial charge is 0.258 e. The van der Waals surface area contributed by atoms with E-state index in [0.717, 1.165) is 29.8 Å². The van der Waals surface area contributed by atoms with Gasteiger partial charge in [-0.1, -0.05) is 34.8 Å². The molecule has 1 aromatic heterocycles. The van der Waals surface area contributed by atoms with Crippen molar-refractivity contribution in [2.24, 2.45) is 0 Å². The molecule has 3 aromatic rings. The third kappa shape index (κ3) is 4.49. The van der Waals surface area contributed by atoms with Crippen LogP contribution in [0, 0.1) is 0 Å². The summed E-state index contributed by atoms with van der Waals surface area (Å²) in [6, 6.07) is 13.4. The fourth-order valence-corrected chi connectivity index (χ4v) is 5.09. The molecule has 2 aromatic carbocycles. The minimum atomic E-state index is -0.369. The lowest BCUT2D eigenvalue weighted by Crippen LogP contribution is -2.31. The second-order valence-electron chi connectivity index (χ2n) is 6.93. The third-order valence-corrected chi connectivity index (χ3v) is 6.77. The van der Waals surface area contributed by atoms with E-state index < -0.39 is 0 Å². The van der Waals surface area contributed by atoms with E-state index in [-0.39, 0.29) is 17.4 Å². The highest BCUT2D eigenvalue weighted by atomic mass is 35.5. The lowest BCUT2D eigenvalue weighted by atomic mass is 10.1. The average Bonchev–Trinajstić information content (AvgIpc) is 2.99. The molecule has 1 aliphatic heterocycles. The van der Waals surface area contributed by atoms with Crippen molar-refractivity contribution in [2.45, 2.75) is 19.3 Å². The van der Waals surface area contributed by atoms with Crippen LogP contribution in [0.15, 0.2) is 48.5 Å². The molecular formula is C22H17Cl3N2O2S. The van der Waals surface area contributed by atoms with Crippen molar-refractivity contribution in [3.05, 3.63) is 78.9 Å². The van der Waals surface area contributed by atoms with E-state index in [9.17, 15) is 9.59 Å². The predicted octanol–water partition coefficient (Wildman–Crippen LogP) is 6.94. The van der Waals surface area contributed by atoms with Crippen LogP contribution in [0.1, 0.15) is 38.4 Å². The van der Waals surface area contributed by atoms with Gasteiger partial charge in [0.25, 0.3) is 11.8 Å².